The number of fused-ring (bicyclic) bond motifs is 1. The van der Waals surface area contributed by atoms with Gasteiger partial charge in [0.1, 0.15) is 5.82 Å². The molecule has 28 heavy (non-hydrogen) atoms. The Bertz CT molecular complexity index is 926. The Balaban J connectivity index is 1.47. The molecule has 0 saturated carbocycles. The summed E-state index contributed by atoms with van der Waals surface area (Å²) in [6, 6.07) is 7.91. The maximum Gasteiger partial charge on any atom is 0.225 e. The molecule has 3 aromatic heterocycles. The highest BCUT2D eigenvalue weighted by Crippen LogP contribution is 2.24. The van der Waals surface area contributed by atoms with Crippen LogP contribution in [0.3, 0.4) is 0 Å². The minimum absolute atomic E-state index is 0.0888. The summed E-state index contributed by atoms with van der Waals surface area (Å²) >= 11 is 0. The van der Waals surface area contributed by atoms with Gasteiger partial charge in [-0.15, -0.1) is 10.2 Å². The Morgan fingerprint density at radius 2 is 2.07 bits per heavy atom. The molecule has 8 heteroatoms. The molecule has 0 radical (unpaired) electrons. The van der Waals surface area contributed by atoms with Crippen LogP contribution >= 0.6 is 0 Å². The lowest BCUT2D eigenvalue weighted by Gasteiger charge is -2.35. The molecule has 0 unspecified atom stereocenters. The van der Waals surface area contributed by atoms with E-state index in [2.05, 4.69) is 44.6 Å². The first kappa shape index (κ1) is 18.6. The summed E-state index contributed by atoms with van der Waals surface area (Å²) in [5, 5.41) is 15.4. The zero-order valence-corrected chi connectivity index (χ0v) is 16.5. The predicted molar refractivity (Wildman–Crippen MR) is 108 cm³/mol. The van der Waals surface area contributed by atoms with Gasteiger partial charge in [0.25, 0.3) is 0 Å². The van der Waals surface area contributed by atoms with Crippen LogP contribution < -0.4 is 10.6 Å². The average Bonchev–Trinajstić information content (AvgIpc) is 3.13. The zero-order chi connectivity index (χ0) is 19.5. The SMILES string of the molecule is CC(C)[C@@H]1OCCC[C@@H]1Nc1ccnc(N[C@@H](C)c2nnc3ccccn23)n1. The topological polar surface area (TPSA) is 89.3 Å². The summed E-state index contributed by atoms with van der Waals surface area (Å²) in [5.74, 6) is 2.64. The first-order chi connectivity index (χ1) is 13.6. The summed E-state index contributed by atoms with van der Waals surface area (Å²) in [5.41, 5.74) is 0.819. The number of anilines is 2. The monoisotopic (exact) mass is 381 g/mol. The third kappa shape index (κ3) is 3.91. The highest BCUT2D eigenvalue weighted by atomic mass is 16.5. The third-order valence-corrected chi connectivity index (χ3v) is 5.09. The van der Waals surface area contributed by atoms with Crippen LogP contribution in [0.25, 0.3) is 5.65 Å². The molecule has 3 atom stereocenters. The van der Waals surface area contributed by atoms with E-state index in [9.17, 15) is 0 Å². The molecule has 4 heterocycles. The molecule has 1 fully saturated rings. The zero-order valence-electron chi connectivity index (χ0n) is 16.5. The van der Waals surface area contributed by atoms with Crippen molar-refractivity contribution in [3.05, 3.63) is 42.5 Å². The number of nitrogens with one attached hydrogen (secondary N) is 2. The molecule has 3 aromatic rings. The van der Waals surface area contributed by atoms with E-state index in [0.29, 0.717) is 11.9 Å². The van der Waals surface area contributed by atoms with E-state index in [1.165, 1.54) is 0 Å². The van der Waals surface area contributed by atoms with Crippen molar-refractivity contribution < 1.29 is 4.74 Å². The molecule has 1 saturated heterocycles. The smallest absolute Gasteiger partial charge is 0.225 e. The van der Waals surface area contributed by atoms with Crippen molar-refractivity contribution in [1.82, 2.24) is 24.6 Å². The van der Waals surface area contributed by atoms with Crippen molar-refractivity contribution in [3.63, 3.8) is 0 Å². The Kier molecular flexibility index (Phi) is 5.38. The summed E-state index contributed by atoms with van der Waals surface area (Å²) in [4.78, 5) is 9.01. The lowest BCUT2D eigenvalue weighted by atomic mass is 9.94. The summed E-state index contributed by atoms with van der Waals surface area (Å²) in [6.45, 7) is 7.25. The summed E-state index contributed by atoms with van der Waals surface area (Å²) < 4.78 is 7.93. The van der Waals surface area contributed by atoms with Gasteiger partial charge in [-0.05, 0) is 43.9 Å². The number of aromatic nitrogens is 5. The normalized spacial score (nSPS) is 21.0. The van der Waals surface area contributed by atoms with Gasteiger partial charge in [-0.2, -0.15) is 4.98 Å². The third-order valence-electron chi connectivity index (χ3n) is 5.09. The second-order valence-corrected chi connectivity index (χ2v) is 7.59. The van der Waals surface area contributed by atoms with Crippen molar-refractivity contribution in [2.24, 2.45) is 5.92 Å². The second kappa shape index (κ2) is 8.10. The molecule has 1 aliphatic heterocycles. The molecular weight excluding hydrogens is 354 g/mol. The Labute approximate surface area is 164 Å². The fourth-order valence-electron chi connectivity index (χ4n) is 3.73. The minimum Gasteiger partial charge on any atom is -0.376 e. The van der Waals surface area contributed by atoms with E-state index in [1.54, 1.807) is 6.20 Å². The molecule has 0 bridgehead atoms. The van der Waals surface area contributed by atoms with Gasteiger partial charge in [0.15, 0.2) is 11.5 Å². The van der Waals surface area contributed by atoms with Gasteiger partial charge in [-0.3, -0.25) is 4.40 Å². The van der Waals surface area contributed by atoms with Crippen LogP contribution in [-0.2, 0) is 4.74 Å². The van der Waals surface area contributed by atoms with Gasteiger partial charge in [0.2, 0.25) is 5.95 Å². The van der Waals surface area contributed by atoms with E-state index in [-0.39, 0.29) is 18.2 Å². The average molecular weight is 381 g/mol. The van der Waals surface area contributed by atoms with Crippen LogP contribution in [0, 0.1) is 5.92 Å². The lowest BCUT2D eigenvalue weighted by molar-refractivity contribution is -0.0203. The first-order valence-electron chi connectivity index (χ1n) is 9.89. The van der Waals surface area contributed by atoms with E-state index in [4.69, 9.17) is 4.74 Å². The lowest BCUT2D eigenvalue weighted by Crippen LogP contribution is -2.43. The van der Waals surface area contributed by atoms with Crippen molar-refractivity contribution in [2.45, 2.75) is 51.8 Å². The van der Waals surface area contributed by atoms with Gasteiger partial charge in [-0.1, -0.05) is 19.9 Å². The van der Waals surface area contributed by atoms with Crippen LogP contribution in [0.1, 0.15) is 45.5 Å². The second-order valence-electron chi connectivity index (χ2n) is 7.59. The fourth-order valence-corrected chi connectivity index (χ4v) is 3.73. The first-order valence-corrected chi connectivity index (χ1v) is 9.89. The van der Waals surface area contributed by atoms with E-state index in [0.717, 1.165) is 36.7 Å². The quantitative estimate of drug-likeness (QED) is 0.677. The molecule has 4 rings (SSSR count). The van der Waals surface area contributed by atoms with Gasteiger partial charge < -0.3 is 15.4 Å². The Morgan fingerprint density at radius 1 is 1.18 bits per heavy atom. The maximum absolute atomic E-state index is 5.97. The van der Waals surface area contributed by atoms with Gasteiger partial charge in [0, 0.05) is 19.0 Å². The largest absolute Gasteiger partial charge is 0.376 e. The summed E-state index contributed by atoms with van der Waals surface area (Å²) in [7, 11) is 0. The van der Waals surface area contributed by atoms with Crippen molar-refractivity contribution in [1.29, 1.82) is 0 Å². The maximum atomic E-state index is 5.97. The molecule has 0 aromatic carbocycles. The van der Waals surface area contributed by atoms with Crippen LogP contribution in [0.4, 0.5) is 11.8 Å². The van der Waals surface area contributed by atoms with Gasteiger partial charge in [0.05, 0.1) is 18.2 Å². The molecular formula is C20H27N7O. The van der Waals surface area contributed by atoms with Gasteiger partial charge >= 0.3 is 0 Å². The van der Waals surface area contributed by atoms with Crippen molar-refractivity contribution in [3.8, 4) is 0 Å². The molecule has 148 valence electrons. The number of rotatable bonds is 6. The Morgan fingerprint density at radius 3 is 2.93 bits per heavy atom. The van der Waals surface area contributed by atoms with Crippen molar-refractivity contribution >= 4 is 17.4 Å². The number of hydrogen-bond acceptors (Lipinski definition) is 7. The molecule has 0 spiro atoms. The van der Waals surface area contributed by atoms with E-state index >= 15 is 0 Å². The highest BCUT2D eigenvalue weighted by molar-refractivity contribution is 5.42. The molecule has 2 N–H and O–H groups in total. The Hall–Kier alpha value is -2.74. The van der Waals surface area contributed by atoms with Crippen LogP contribution in [0.2, 0.25) is 0 Å². The number of ether oxygens (including phenoxy) is 1. The van der Waals surface area contributed by atoms with Crippen LogP contribution in [-0.4, -0.2) is 43.3 Å². The van der Waals surface area contributed by atoms with E-state index < -0.39 is 0 Å². The molecule has 1 aliphatic rings. The standard InChI is InChI=1S/C20H27N7O/c1-13(2)18-15(7-6-12-28-18)23-16-9-10-21-20(24-16)22-14(3)19-26-25-17-8-4-5-11-27(17)19/h4-5,8-11,13-15,18H,6-7,12H2,1-3H3,(H2,21,22,23,24)/t14-,15-,18-/m0/s1. The predicted octanol–water partition coefficient (Wildman–Crippen LogP) is 3.31. The number of hydrogen-bond donors (Lipinski definition) is 2. The van der Waals surface area contributed by atoms with Crippen LogP contribution in [0.15, 0.2) is 36.7 Å². The number of nitrogens with zero attached hydrogens (tertiary/aromatic N) is 5. The molecule has 0 amide bonds. The van der Waals surface area contributed by atoms with Crippen molar-refractivity contribution in [2.75, 3.05) is 17.2 Å². The van der Waals surface area contributed by atoms with Crippen LogP contribution in [0.5, 0.6) is 0 Å². The van der Waals surface area contributed by atoms with Gasteiger partial charge in [-0.25, -0.2) is 4.98 Å². The number of pyridine rings is 1. The minimum atomic E-state index is -0.0888. The van der Waals surface area contributed by atoms with E-state index in [1.807, 2.05) is 41.8 Å². The highest BCUT2D eigenvalue weighted by Gasteiger charge is 2.28. The fraction of sp³-hybridized carbons (Fsp3) is 0.500. The molecule has 8 nitrogen and oxygen atoms in total. The molecule has 0 aliphatic carbocycles. The summed E-state index contributed by atoms with van der Waals surface area (Å²) in [6.07, 6.45) is 6.06.